The van der Waals surface area contributed by atoms with Gasteiger partial charge in [-0.15, -0.1) is 0 Å². The summed E-state index contributed by atoms with van der Waals surface area (Å²) in [5.41, 5.74) is 8.16. The van der Waals surface area contributed by atoms with Crippen LogP contribution in [0, 0.1) is 17.0 Å². The molecule has 0 radical (unpaired) electrons. The lowest BCUT2D eigenvalue weighted by Gasteiger charge is -2.42. The highest BCUT2D eigenvalue weighted by Gasteiger charge is 2.38. The van der Waals surface area contributed by atoms with Crippen LogP contribution < -0.4 is 5.73 Å². The summed E-state index contributed by atoms with van der Waals surface area (Å²) in [5, 5.41) is 10.8. The molecule has 4 heteroatoms. The van der Waals surface area contributed by atoms with E-state index in [-0.39, 0.29) is 16.0 Å². The smallest absolute Gasteiger partial charge is 0.269 e. The first kappa shape index (κ1) is 11.1. The molecule has 0 spiro atoms. The van der Waals surface area contributed by atoms with Crippen LogP contribution in [-0.4, -0.2) is 11.5 Å². The fourth-order valence-corrected chi connectivity index (χ4v) is 2.48. The van der Waals surface area contributed by atoms with Gasteiger partial charge in [-0.05, 0) is 30.9 Å². The van der Waals surface area contributed by atoms with E-state index in [0.29, 0.717) is 6.54 Å². The van der Waals surface area contributed by atoms with Gasteiger partial charge in [-0.25, -0.2) is 0 Å². The summed E-state index contributed by atoms with van der Waals surface area (Å²) in [6.45, 7) is 2.57. The number of nitrogens with zero attached hydrogens (tertiary/aromatic N) is 1. The average Bonchev–Trinajstić information content (AvgIpc) is 2.19. The molecule has 0 aliphatic heterocycles. The van der Waals surface area contributed by atoms with E-state index in [2.05, 4.69) is 0 Å². The summed E-state index contributed by atoms with van der Waals surface area (Å²) in [6, 6.07) is 5.08. The molecule has 2 rings (SSSR count). The van der Waals surface area contributed by atoms with Crippen molar-refractivity contribution in [2.24, 2.45) is 5.73 Å². The Kier molecular flexibility index (Phi) is 2.68. The Morgan fingerprint density at radius 2 is 2.19 bits per heavy atom. The first-order valence-electron chi connectivity index (χ1n) is 5.55. The Labute approximate surface area is 94.6 Å². The maximum Gasteiger partial charge on any atom is 0.269 e. The Morgan fingerprint density at radius 3 is 2.62 bits per heavy atom. The molecule has 0 atom stereocenters. The molecule has 86 valence electrons. The molecule has 1 aromatic rings. The number of nitro benzene ring substituents is 1. The monoisotopic (exact) mass is 220 g/mol. The molecule has 1 aliphatic carbocycles. The second-order valence-electron chi connectivity index (χ2n) is 4.59. The van der Waals surface area contributed by atoms with E-state index < -0.39 is 0 Å². The first-order chi connectivity index (χ1) is 7.59. The van der Waals surface area contributed by atoms with Crippen molar-refractivity contribution in [2.75, 3.05) is 6.54 Å². The molecule has 2 N–H and O–H groups in total. The van der Waals surface area contributed by atoms with Gasteiger partial charge in [0, 0.05) is 24.1 Å². The third-order valence-electron chi connectivity index (χ3n) is 3.70. The van der Waals surface area contributed by atoms with Crippen molar-refractivity contribution in [1.82, 2.24) is 0 Å². The van der Waals surface area contributed by atoms with Crippen LogP contribution in [0.25, 0.3) is 0 Å². The molecule has 1 fully saturated rings. The van der Waals surface area contributed by atoms with E-state index in [4.69, 9.17) is 5.73 Å². The van der Waals surface area contributed by atoms with Crippen LogP contribution in [0.4, 0.5) is 5.69 Å². The third-order valence-corrected chi connectivity index (χ3v) is 3.70. The summed E-state index contributed by atoms with van der Waals surface area (Å²) < 4.78 is 0. The first-order valence-corrected chi connectivity index (χ1v) is 5.55. The number of hydrogen-bond donors (Lipinski definition) is 1. The van der Waals surface area contributed by atoms with E-state index in [9.17, 15) is 10.1 Å². The number of rotatable bonds is 3. The van der Waals surface area contributed by atoms with Gasteiger partial charge in [0.2, 0.25) is 0 Å². The van der Waals surface area contributed by atoms with Crippen LogP contribution in [0.15, 0.2) is 18.2 Å². The highest BCUT2D eigenvalue weighted by molar-refractivity contribution is 5.44. The fraction of sp³-hybridized carbons (Fsp3) is 0.500. The lowest BCUT2D eigenvalue weighted by molar-refractivity contribution is -0.385. The number of non-ortho nitro benzene ring substituents is 1. The zero-order chi connectivity index (χ0) is 11.8. The maximum absolute atomic E-state index is 10.8. The van der Waals surface area contributed by atoms with Crippen molar-refractivity contribution in [3.63, 3.8) is 0 Å². The zero-order valence-electron chi connectivity index (χ0n) is 9.40. The Hall–Kier alpha value is -1.42. The normalized spacial score (nSPS) is 17.9. The Morgan fingerprint density at radius 1 is 1.50 bits per heavy atom. The predicted octanol–water partition coefficient (Wildman–Crippen LogP) is 2.28. The zero-order valence-corrected chi connectivity index (χ0v) is 9.40. The van der Waals surface area contributed by atoms with E-state index in [1.165, 1.54) is 6.42 Å². The number of nitro groups is 1. The molecule has 1 saturated carbocycles. The molecule has 0 aromatic heterocycles. The molecule has 0 saturated heterocycles. The predicted molar refractivity (Wildman–Crippen MR) is 62.4 cm³/mol. The van der Waals surface area contributed by atoms with Gasteiger partial charge in [0.25, 0.3) is 5.69 Å². The topological polar surface area (TPSA) is 69.2 Å². The molecular formula is C12H16N2O2. The minimum absolute atomic E-state index is 0.00387. The highest BCUT2D eigenvalue weighted by Crippen LogP contribution is 2.44. The molecular weight excluding hydrogens is 204 g/mol. The fourth-order valence-electron chi connectivity index (χ4n) is 2.48. The van der Waals surface area contributed by atoms with Gasteiger partial charge in [0.15, 0.2) is 0 Å². The van der Waals surface area contributed by atoms with Crippen LogP contribution >= 0.6 is 0 Å². The quantitative estimate of drug-likeness (QED) is 0.627. The molecule has 0 amide bonds. The molecule has 1 aliphatic rings. The van der Waals surface area contributed by atoms with Crippen molar-refractivity contribution in [3.05, 3.63) is 39.4 Å². The van der Waals surface area contributed by atoms with E-state index in [0.717, 1.165) is 24.0 Å². The second kappa shape index (κ2) is 3.87. The molecule has 0 bridgehead atoms. The largest absolute Gasteiger partial charge is 0.330 e. The van der Waals surface area contributed by atoms with E-state index in [1.54, 1.807) is 12.1 Å². The maximum atomic E-state index is 10.8. The Balaban J connectivity index is 2.46. The minimum atomic E-state index is -0.341. The summed E-state index contributed by atoms with van der Waals surface area (Å²) in [5.74, 6) is 0. The summed E-state index contributed by atoms with van der Waals surface area (Å²) in [7, 11) is 0. The van der Waals surface area contributed by atoms with Crippen LogP contribution in [0.3, 0.4) is 0 Å². The lowest BCUT2D eigenvalue weighted by atomic mass is 9.63. The molecule has 1 aromatic carbocycles. The van der Waals surface area contributed by atoms with Crippen LogP contribution in [-0.2, 0) is 5.41 Å². The standard InChI is InChI=1S/C12H16N2O2/c1-9-3-4-10(14(15)16)7-11(9)12(8-13)5-2-6-12/h3-4,7H,2,5-6,8,13H2,1H3. The van der Waals surface area contributed by atoms with Gasteiger partial charge in [-0.1, -0.05) is 12.5 Å². The Bertz CT molecular complexity index is 420. The van der Waals surface area contributed by atoms with Crippen LogP contribution in [0.2, 0.25) is 0 Å². The molecule has 0 unspecified atom stereocenters. The molecule has 16 heavy (non-hydrogen) atoms. The van der Waals surface area contributed by atoms with Crippen molar-refractivity contribution >= 4 is 5.69 Å². The highest BCUT2D eigenvalue weighted by atomic mass is 16.6. The van der Waals surface area contributed by atoms with E-state index >= 15 is 0 Å². The third kappa shape index (κ3) is 1.59. The summed E-state index contributed by atoms with van der Waals surface area (Å²) in [4.78, 5) is 10.4. The number of hydrogen-bond acceptors (Lipinski definition) is 3. The number of nitrogens with two attached hydrogens (primary N) is 1. The van der Waals surface area contributed by atoms with Gasteiger partial charge >= 0.3 is 0 Å². The molecule has 0 heterocycles. The minimum Gasteiger partial charge on any atom is -0.330 e. The average molecular weight is 220 g/mol. The van der Waals surface area contributed by atoms with Crippen LogP contribution in [0.1, 0.15) is 30.4 Å². The van der Waals surface area contributed by atoms with Crippen molar-refractivity contribution < 1.29 is 4.92 Å². The second-order valence-corrected chi connectivity index (χ2v) is 4.59. The SMILES string of the molecule is Cc1ccc([N+](=O)[O-])cc1C1(CN)CCC1. The van der Waals surface area contributed by atoms with Crippen molar-refractivity contribution in [2.45, 2.75) is 31.6 Å². The lowest BCUT2D eigenvalue weighted by Crippen LogP contribution is -2.42. The van der Waals surface area contributed by atoms with Gasteiger partial charge < -0.3 is 5.73 Å². The number of aryl methyl sites for hydroxylation is 1. The van der Waals surface area contributed by atoms with Gasteiger partial charge in [-0.2, -0.15) is 0 Å². The van der Waals surface area contributed by atoms with Crippen LogP contribution in [0.5, 0.6) is 0 Å². The van der Waals surface area contributed by atoms with Gasteiger partial charge in [0.05, 0.1) is 4.92 Å². The van der Waals surface area contributed by atoms with Crippen molar-refractivity contribution in [3.8, 4) is 0 Å². The molecule has 4 nitrogen and oxygen atoms in total. The van der Waals surface area contributed by atoms with E-state index in [1.807, 2.05) is 13.0 Å². The summed E-state index contributed by atoms with van der Waals surface area (Å²) in [6.07, 6.45) is 3.26. The van der Waals surface area contributed by atoms with Gasteiger partial charge in [0.1, 0.15) is 0 Å². The van der Waals surface area contributed by atoms with Crippen molar-refractivity contribution in [1.29, 1.82) is 0 Å². The van der Waals surface area contributed by atoms with Gasteiger partial charge in [-0.3, -0.25) is 10.1 Å². The summed E-state index contributed by atoms with van der Waals surface area (Å²) >= 11 is 0. The number of benzene rings is 1.